The number of nitrogens with zero attached hydrogens (tertiary/aromatic N) is 3. The number of aromatic nitrogens is 1. The second kappa shape index (κ2) is 11.4. The van der Waals surface area contributed by atoms with Crippen LogP contribution in [-0.2, 0) is 9.53 Å². The van der Waals surface area contributed by atoms with Crippen LogP contribution in [0.25, 0.3) is 6.08 Å². The van der Waals surface area contributed by atoms with Crippen molar-refractivity contribution in [1.29, 1.82) is 0 Å². The van der Waals surface area contributed by atoms with Gasteiger partial charge in [0, 0.05) is 18.8 Å². The van der Waals surface area contributed by atoms with Crippen molar-refractivity contribution in [3.63, 3.8) is 0 Å². The minimum atomic E-state index is -0.674. The van der Waals surface area contributed by atoms with Gasteiger partial charge in [0.25, 0.3) is 5.56 Å². The summed E-state index contributed by atoms with van der Waals surface area (Å²) in [6.07, 6.45) is 3.38. The molecule has 2 aromatic carbocycles. The first-order valence-electron chi connectivity index (χ1n) is 12.2. The smallest absolute Gasteiger partial charge is 0.338 e. The molecule has 7 nitrogen and oxygen atoms in total. The first-order chi connectivity index (χ1) is 17.9. The fraction of sp³-hybridized carbons (Fsp3) is 0.276. The Kier molecular flexibility index (Phi) is 8.08. The summed E-state index contributed by atoms with van der Waals surface area (Å²) in [6.45, 7) is 11.6. The topological polar surface area (TPSA) is 73.1 Å². The summed E-state index contributed by atoms with van der Waals surface area (Å²) < 4.78 is 12.8. The van der Waals surface area contributed by atoms with Gasteiger partial charge >= 0.3 is 5.97 Å². The molecule has 1 unspecified atom stereocenters. The molecule has 1 aliphatic heterocycles. The predicted octanol–water partition coefficient (Wildman–Crippen LogP) is 3.82. The van der Waals surface area contributed by atoms with Gasteiger partial charge in [-0.1, -0.05) is 48.3 Å². The van der Waals surface area contributed by atoms with Crippen LogP contribution in [-0.4, -0.2) is 37.3 Å². The molecule has 0 radical (unpaired) electrons. The van der Waals surface area contributed by atoms with Gasteiger partial charge < -0.3 is 14.4 Å². The third-order valence-electron chi connectivity index (χ3n) is 6.32. The van der Waals surface area contributed by atoms with Crippen LogP contribution < -0.4 is 24.5 Å². The van der Waals surface area contributed by atoms with Gasteiger partial charge in [-0.05, 0) is 62.2 Å². The Hall–Kier alpha value is -3.91. The third-order valence-corrected chi connectivity index (χ3v) is 7.31. The monoisotopic (exact) mass is 517 g/mol. The number of anilines is 1. The molecule has 0 spiro atoms. The molecule has 37 heavy (non-hydrogen) atoms. The number of hydrogen-bond donors (Lipinski definition) is 0. The van der Waals surface area contributed by atoms with Gasteiger partial charge in [0.2, 0.25) is 0 Å². The van der Waals surface area contributed by atoms with E-state index in [0.29, 0.717) is 26.4 Å². The SMILES string of the molecule is C=CCOC(=O)C1=C(C)N=c2s/c(=C/c3ccc(N(CC)CC)cc3)c(=O)n2C1c1ccc(OC)cc1. The van der Waals surface area contributed by atoms with Gasteiger partial charge in [0.1, 0.15) is 12.4 Å². The Bertz CT molecular complexity index is 1490. The molecule has 4 rings (SSSR count). The molecule has 0 saturated carbocycles. The summed E-state index contributed by atoms with van der Waals surface area (Å²) in [4.78, 5) is 34.3. The number of thiazole rings is 1. The zero-order chi connectivity index (χ0) is 26.5. The van der Waals surface area contributed by atoms with E-state index < -0.39 is 12.0 Å². The van der Waals surface area contributed by atoms with E-state index in [0.717, 1.165) is 29.9 Å². The molecule has 3 aromatic rings. The summed E-state index contributed by atoms with van der Waals surface area (Å²) in [6, 6.07) is 14.8. The van der Waals surface area contributed by atoms with Crippen LogP contribution in [0.15, 0.2) is 82.2 Å². The Morgan fingerprint density at radius 2 is 1.81 bits per heavy atom. The highest BCUT2D eigenvalue weighted by molar-refractivity contribution is 7.07. The lowest BCUT2D eigenvalue weighted by molar-refractivity contribution is -0.138. The van der Waals surface area contributed by atoms with E-state index in [1.54, 1.807) is 18.6 Å². The van der Waals surface area contributed by atoms with E-state index in [1.807, 2.05) is 42.5 Å². The van der Waals surface area contributed by atoms with Crippen LogP contribution in [0.2, 0.25) is 0 Å². The second-order valence-corrected chi connectivity index (χ2v) is 9.52. The van der Waals surface area contributed by atoms with Crippen molar-refractivity contribution in [2.75, 3.05) is 31.7 Å². The maximum atomic E-state index is 13.7. The highest BCUT2D eigenvalue weighted by Gasteiger charge is 2.33. The number of rotatable bonds is 9. The largest absolute Gasteiger partial charge is 0.497 e. The molecule has 0 N–H and O–H groups in total. The maximum absolute atomic E-state index is 13.7. The molecule has 0 fully saturated rings. The van der Waals surface area contributed by atoms with Gasteiger partial charge in [-0.2, -0.15) is 0 Å². The van der Waals surface area contributed by atoms with Gasteiger partial charge in [0.15, 0.2) is 4.80 Å². The summed E-state index contributed by atoms with van der Waals surface area (Å²) in [7, 11) is 1.59. The van der Waals surface area contributed by atoms with Gasteiger partial charge in [-0.3, -0.25) is 9.36 Å². The molecule has 1 aromatic heterocycles. The average Bonchev–Trinajstić information content (AvgIpc) is 3.22. The highest BCUT2D eigenvalue weighted by Crippen LogP contribution is 2.31. The first kappa shape index (κ1) is 26.2. The van der Waals surface area contributed by atoms with Crippen LogP contribution in [0.5, 0.6) is 5.75 Å². The number of allylic oxidation sites excluding steroid dienone is 1. The second-order valence-electron chi connectivity index (χ2n) is 8.51. The zero-order valence-corrected chi connectivity index (χ0v) is 22.4. The Balaban J connectivity index is 1.84. The number of hydrogen-bond acceptors (Lipinski definition) is 7. The standard InChI is InChI=1S/C29H31N3O4S/c1-6-17-36-28(34)25-19(4)30-29-32(26(25)21-11-15-23(35-5)16-12-21)27(33)24(37-29)18-20-9-13-22(14-10-20)31(7-2)8-3/h6,9-16,18,26H,1,7-8,17H2,2-5H3/b24-18+. The van der Waals surface area contributed by atoms with Crippen molar-refractivity contribution < 1.29 is 14.3 Å². The fourth-order valence-electron chi connectivity index (χ4n) is 4.42. The molecule has 1 atom stereocenters. The van der Waals surface area contributed by atoms with Crippen molar-refractivity contribution in [2.45, 2.75) is 26.8 Å². The Labute approximate surface area is 220 Å². The van der Waals surface area contributed by atoms with Crippen molar-refractivity contribution in [1.82, 2.24) is 4.57 Å². The quantitative estimate of drug-likeness (QED) is 0.319. The summed E-state index contributed by atoms with van der Waals surface area (Å²) in [5.41, 5.74) is 3.46. The van der Waals surface area contributed by atoms with Crippen LogP contribution in [0.3, 0.4) is 0 Å². The number of esters is 1. The zero-order valence-electron chi connectivity index (χ0n) is 21.6. The van der Waals surface area contributed by atoms with Crippen molar-refractivity contribution >= 4 is 29.1 Å². The molecular formula is C29H31N3O4S. The van der Waals surface area contributed by atoms with Gasteiger partial charge in [-0.15, -0.1) is 0 Å². The molecular weight excluding hydrogens is 486 g/mol. The van der Waals surface area contributed by atoms with Gasteiger partial charge in [-0.25, -0.2) is 9.79 Å². The molecule has 192 valence electrons. The Morgan fingerprint density at radius 1 is 1.14 bits per heavy atom. The minimum absolute atomic E-state index is 0.0683. The number of carbonyl (C=O) groups excluding carboxylic acids is 1. The van der Waals surface area contributed by atoms with Crippen LogP contribution >= 0.6 is 11.3 Å². The number of methoxy groups -OCH3 is 1. The summed E-state index contributed by atoms with van der Waals surface area (Å²) in [5, 5.41) is 0. The van der Waals surface area contributed by atoms with E-state index in [9.17, 15) is 9.59 Å². The number of carbonyl (C=O) groups is 1. The van der Waals surface area contributed by atoms with E-state index >= 15 is 0 Å². The molecule has 2 heterocycles. The number of fused-ring (bicyclic) bond motifs is 1. The lowest BCUT2D eigenvalue weighted by atomic mass is 9.96. The lowest BCUT2D eigenvalue weighted by Crippen LogP contribution is -2.39. The Morgan fingerprint density at radius 3 is 2.41 bits per heavy atom. The van der Waals surface area contributed by atoms with E-state index in [4.69, 9.17) is 9.47 Å². The minimum Gasteiger partial charge on any atom is -0.497 e. The fourth-order valence-corrected chi connectivity index (χ4v) is 5.46. The van der Waals surface area contributed by atoms with E-state index in [-0.39, 0.29) is 12.2 Å². The van der Waals surface area contributed by atoms with Crippen LogP contribution in [0.4, 0.5) is 5.69 Å². The van der Waals surface area contributed by atoms with Crippen molar-refractivity contribution in [3.05, 3.63) is 103 Å². The highest BCUT2D eigenvalue weighted by atomic mass is 32.1. The average molecular weight is 518 g/mol. The van der Waals surface area contributed by atoms with Crippen LogP contribution in [0.1, 0.15) is 37.9 Å². The van der Waals surface area contributed by atoms with E-state index in [2.05, 4.69) is 42.5 Å². The normalized spacial score (nSPS) is 15.1. The van der Waals surface area contributed by atoms with Crippen LogP contribution in [0, 0.1) is 0 Å². The molecule has 0 bridgehead atoms. The number of benzene rings is 2. The molecule has 1 aliphatic rings. The van der Waals surface area contributed by atoms with E-state index in [1.165, 1.54) is 17.4 Å². The molecule has 0 amide bonds. The molecule has 0 aliphatic carbocycles. The number of ether oxygens (including phenoxy) is 2. The lowest BCUT2D eigenvalue weighted by Gasteiger charge is -2.24. The maximum Gasteiger partial charge on any atom is 0.338 e. The van der Waals surface area contributed by atoms with Crippen molar-refractivity contribution in [2.24, 2.45) is 4.99 Å². The first-order valence-corrected chi connectivity index (χ1v) is 13.0. The van der Waals surface area contributed by atoms with Crippen molar-refractivity contribution in [3.8, 4) is 5.75 Å². The third kappa shape index (κ3) is 5.29. The summed E-state index contributed by atoms with van der Waals surface area (Å²) >= 11 is 1.31. The molecule has 8 heteroatoms. The van der Waals surface area contributed by atoms with Gasteiger partial charge in [0.05, 0.1) is 29.0 Å². The molecule has 0 saturated heterocycles. The predicted molar refractivity (Wildman–Crippen MR) is 148 cm³/mol. The summed E-state index contributed by atoms with van der Waals surface area (Å²) in [5.74, 6) is 0.157.